The van der Waals surface area contributed by atoms with Crippen molar-refractivity contribution in [1.29, 1.82) is 5.41 Å². The van der Waals surface area contributed by atoms with Crippen molar-refractivity contribution in [2.75, 3.05) is 7.11 Å². The Bertz CT molecular complexity index is 251. The number of carbonyl (C=O) groups excluding carboxylic acids is 1. The minimum atomic E-state index is -0.462. The van der Waals surface area contributed by atoms with Gasteiger partial charge in [0.2, 0.25) is 0 Å². The van der Waals surface area contributed by atoms with Crippen LogP contribution in [0.1, 0.15) is 13.8 Å². The molecule has 3 heteroatoms. The predicted octanol–water partition coefficient (Wildman–Crippen LogP) is 1.70. The third kappa shape index (κ3) is 3.14. The largest absolute Gasteiger partial charge is 0.465 e. The van der Waals surface area contributed by atoms with Crippen molar-refractivity contribution in [2.45, 2.75) is 13.8 Å². The number of nitrogens with one attached hydrogen (secondary N) is 1. The molecule has 1 N–H and O–H groups in total. The van der Waals surface area contributed by atoms with E-state index in [1.54, 1.807) is 13.8 Å². The van der Waals surface area contributed by atoms with Gasteiger partial charge in [0.1, 0.15) is 0 Å². The third-order valence-corrected chi connectivity index (χ3v) is 1.43. The number of rotatable bonds is 3. The van der Waals surface area contributed by atoms with Crippen molar-refractivity contribution in [3.63, 3.8) is 0 Å². The zero-order chi connectivity index (χ0) is 9.72. The maximum atomic E-state index is 10.8. The van der Waals surface area contributed by atoms with E-state index in [4.69, 9.17) is 5.41 Å². The molecule has 12 heavy (non-hydrogen) atoms. The van der Waals surface area contributed by atoms with Crippen LogP contribution in [0.25, 0.3) is 0 Å². The highest BCUT2D eigenvalue weighted by Crippen LogP contribution is 2.02. The Balaban J connectivity index is 4.44. The van der Waals surface area contributed by atoms with E-state index in [0.717, 1.165) is 0 Å². The summed E-state index contributed by atoms with van der Waals surface area (Å²) in [6.07, 6.45) is 1.54. The summed E-state index contributed by atoms with van der Waals surface area (Å²) in [4.78, 5) is 10.8. The van der Waals surface area contributed by atoms with Crippen molar-refractivity contribution in [1.82, 2.24) is 0 Å². The van der Waals surface area contributed by atoms with Gasteiger partial charge in [-0.05, 0) is 25.5 Å². The first-order valence-corrected chi connectivity index (χ1v) is 3.50. The van der Waals surface area contributed by atoms with Crippen LogP contribution in [0.3, 0.4) is 0 Å². The standard InChI is InChI=1S/C9H13NO2/c1-6(8(3)10)5-7(2)9(11)12-4/h5,10H,2H2,1,3-4H3/b6-5-,10-8?. The van der Waals surface area contributed by atoms with Crippen LogP contribution >= 0.6 is 0 Å². The van der Waals surface area contributed by atoms with Crippen LogP contribution in [0.5, 0.6) is 0 Å². The smallest absolute Gasteiger partial charge is 0.337 e. The Hall–Kier alpha value is -1.38. The Morgan fingerprint density at radius 2 is 2.00 bits per heavy atom. The second-order valence-corrected chi connectivity index (χ2v) is 2.47. The molecule has 3 nitrogen and oxygen atoms in total. The molecule has 0 unspecified atom stereocenters. The van der Waals surface area contributed by atoms with Gasteiger partial charge >= 0.3 is 5.97 Å². The van der Waals surface area contributed by atoms with E-state index in [2.05, 4.69) is 11.3 Å². The molecule has 0 atom stereocenters. The fraction of sp³-hybridized carbons (Fsp3) is 0.333. The molecule has 0 saturated heterocycles. The van der Waals surface area contributed by atoms with E-state index in [0.29, 0.717) is 11.3 Å². The summed E-state index contributed by atoms with van der Waals surface area (Å²) < 4.78 is 4.44. The molecular formula is C9H13NO2. The molecule has 0 rings (SSSR count). The lowest BCUT2D eigenvalue weighted by molar-refractivity contribution is -0.135. The van der Waals surface area contributed by atoms with Gasteiger partial charge in [0.15, 0.2) is 0 Å². The SMILES string of the molecule is C=C(/C=C(/C)C(C)=N)C(=O)OC. The number of hydrogen-bond donors (Lipinski definition) is 1. The highest BCUT2D eigenvalue weighted by atomic mass is 16.5. The predicted molar refractivity (Wildman–Crippen MR) is 48.3 cm³/mol. The quantitative estimate of drug-likeness (QED) is 0.301. The summed E-state index contributed by atoms with van der Waals surface area (Å²) in [5.41, 5.74) is 1.40. The lowest BCUT2D eigenvalue weighted by Crippen LogP contribution is -2.02. The number of methoxy groups -OCH3 is 1. The second-order valence-electron chi connectivity index (χ2n) is 2.47. The number of ether oxygens (including phenoxy) is 1. The van der Waals surface area contributed by atoms with Crippen molar-refractivity contribution in [3.05, 3.63) is 23.8 Å². The minimum absolute atomic E-state index is 0.265. The van der Waals surface area contributed by atoms with Crippen molar-refractivity contribution in [3.8, 4) is 0 Å². The molecule has 0 spiro atoms. The fourth-order valence-electron chi connectivity index (χ4n) is 0.560. The van der Waals surface area contributed by atoms with Gasteiger partial charge in [-0.15, -0.1) is 0 Å². The van der Waals surface area contributed by atoms with Gasteiger partial charge in [-0.2, -0.15) is 0 Å². The zero-order valence-electron chi connectivity index (χ0n) is 7.60. The molecule has 0 aromatic rings. The minimum Gasteiger partial charge on any atom is -0.465 e. The number of esters is 1. The maximum Gasteiger partial charge on any atom is 0.337 e. The maximum absolute atomic E-state index is 10.8. The van der Waals surface area contributed by atoms with Crippen molar-refractivity contribution >= 4 is 11.7 Å². The highest BCUT2D eigenvalue weighted by Gasteiger charge is 2.03. The van der Waals surface area contributed by atoms with Crippen LogP contribution in [-0.4, -0.2) is 18.8 Å². The number of hydrogen-bond acceptors (Lipinski definition) is 3. The third-order valence-electron chi connectivity index (χ3n) is 1.43. The molecule has 0 aliphatic carbocycles. The second kappa shape index (κ2) is 4.49. The van der Waals surface area contributed by atoms with Gasteiger partial charge in [0.25, 0.3) is 0 Å². The normalized spacial score (nSPS) is 10.8. The monoisotopic (exact) mass is 167 g/mol. The van der Waals surface area contributed by atoms with Crippen LogP contribution in [0.4, 0.5) is 0 Å². The molecule has 0 fully saturated rings. The van der Waals surface area contributed by atoms with Crippen LogP contribution in [0, 0.1) is 5.41 Å². The Morgan fingerprint density at radius 3 is 2.33 bits per heavy atom. The topological polar surface area (TPSA) is 50.2 Å². The summed E-state index contributed by atoms with van der Waals surface area (Å²) in [5, 5.41) is 7.23. The summed E-state index contributed by atoms with van der Waals surface area (Å²) >= 11 is 0. The average Bonchev–Trinajstić information content (AvgIpc) is 2.02. The van der Waals surface area contributed by atoms with E-state index < -0.39 is 5.97 Å². The lowest BCUT2D eigenvalue weighted by atomic mass is 10.1. The first kappa shape index (κ1) is 10.6. The highest BCUT2D eigenvalue weighted by molar-refractivity contribution is 5.99. The summed E-state index contributed by atoms with van der Waals surface area (Å²) in [5.74, 6) is -0.462. The molecule has 0 aromatic heterocycles. The summed E-state index contributed by atoms with van der Waals surface area (Å²) in [7, 11) is 1.30. The van der Waals surface area contributed by atoms with Crippen LogP contribution < -0.4 is 0 Å². The van der Waals surface area contributed by atoms with Crippen LogP contribution in [0.2, 0.25) is 0 Å². The van der Waals surface area contributed by atoms with E-state index in [9.17, 15) is 4.79 Å². The molecule has 0 saturated carbocycles. The Kier molecular flexibility index (Phi) is 3.97. The molecular weight excluding hydrogens is 154 g/mol. The van der Waals surface area contributed by atoms with Gasteiger partial charge in [-0.1, -0.05) is 6.58 Å². The van der Waals surface area contributed by atoms with E-state index >= 15 is 0 Å². The van der Waals surface area contributed by atoms with Gasteiger partial charge in [0.05, 0.1) is 12.7 Å². The van der Waals surface area contributed by atoms with Crippen LogP contribution in [0.15, 0.2) is 23.8 Å². The van der Waals surface area contributed by atoms with Gasteiger partial charge in [-0.3, -0.25) is 0 Å². The first-order chi connectivity index (χ1) is 5.49. The molecule has 66 valence electrons. The molecule has 0 bridgehead atoms. The molecule has 0 aliphatic rings. The molecule has 0 heterocycles. The number of carbonyl (C=O) groups is 1. The Labute approximate surface area is 72.2 Å². The van der Waals surface area contributed by atoms with Crippen molar-refractivity contribution in [2.24, 2.45) is 0 Å². The molecule has 0 amide bonds. The van der Waals surface area contributed by atoms with Crippen molar-refractivity contribution < 1.29 is 9.53 Å². The van der Waals surface area contributed by atoms with Crippen LogP contribution in [-0.2, 0) is 9.53 Å². The summed E-state index contributed by atoms with van der Waals surface area (Å²) in [6.45, 7) is 6.90. The lowest BCUT2D eigenvalue weighted by Gasteiger charge is -1.99. The first-order valence-electron chi connectivity index (χ1n) is 3.50. The van der Waals surface area contributed by atoms with Gasteiger partial charge in [-0.25, -0.2) is 4.79 Å². The number of allylic oxidation sites excluding steroid dienone is 1. The Morgan fingerprint density at radius 1 is 1.50 bits per heavy atom. The van der Waals surface area contributed by atoms with E-state index in [1.807, 2.05) is 0 Å². The average molecular weight is 167 g/mol. The zero-order valence-corrected chi connectivity index (χ0v) is 7.60. The molecule has 0 radical (unpaired) electrons. The van der Waals surface area contributed by atoms with Gasteiger partial charge in [0, 0.05) is 5.71 Å². The molecule has 0 aromatic carbocycles. The van der Waals surface area contributed by atoms with E-state index in [1.165, 1.54) is 13.2 Å². The fourth-order valence-corrected chi connectivity index (χ4v) is 0.560. The summed E-state index contributed by atoms with van der Waals surface area (Å²) in [6, 6.07) is 0. The molecule has 0 aliphatic heterocycles. The van der Waals surface area contributed by atoms with Gasteiger partial charge < -0.3 is 10.1 Å². The van der Waals surface area contributed by atoms with E-state index in [-0.39, 0.29) is 5.57 Å².